The molecule has 1 aromatic rings. The molecule has 0 bridgehead atoms. The largest absolute Gasteiger partial charge is 0.493 e. The molecule has 110 valence electrons. The Kier molecular flexibility index (Phi) is 4.64. The minimum absolute atomic E-state index is 0.464. The number of methoxy groups -OCH3 is 1. The predicted octanol–water partition coefficient (Wildman–Crippen LogP) is 3.43. The first kappa shape index (κ1) is 14.4. The predicted molar refractivity (Wildman–Crippen MR) is 83.2 cm³/mol. The maximum Gasteiger partial charge on any atom is 0.127 e. The van der Waals surface area contributed by atoms with Crippen LogP contribution in [0.25, 0.3) is 0 Å². The second kappa shape index (κ2) is 6.46. The fraction of sp³-hybridized carbons (Fsp3) is 0.625. The second-order valence-electron chi connectivity index (χ2n) is 5.74. The number of hydrogen-bond donors (Lipinski definition) is 1. The molecule has 0 spiro atoms. The maximum absolute atomic E-state index is 5.78. The molecule has 20 heavy (non-hydrogen) atoms. The van der Waals surface area contributed by atoms with Gasteiger partial charge in [-0.1, -0.05) is 15.9 Å². The monoisotopic (exact) mass is 339 g/mol. The molecule has 1 aromatic carbocycles. The molecule has 3 nitrogen and oxygen atoms in total. The van der Waals surface area contributed by atoms with Crippen molar-refractivity contribution < 1.29 is 9.47 Å². The van der Waals surface area contributed by atoms with Crippen molar-refractivity contribution >= 4 is 15.9 Å². The van der Waals surface area contributed by atoms with Crippen LogP contribution in [-0.4, -0.2) is 25.9 Å². The van der Waals surface area contributed by atoms with Gasteiger partial charge in [0, 0.05) is 36.2 Å². The molecule has 1 heterocycles. The number of nitrogens with one attached hydrogen (secondary N) is 1. The van der Waals surface area contributed by atoms with E-state index >= 15 is 0 Å². The first-order valence-corrected chi connectivity index (χ1v) is 8.26. The lowest BCUT2D eigenvalue weighted by Crippen LogP contribution is -2.34. The number of hydrogen-bond acceptors (Lipinski definition) is 3. The molecule has 1 N–H and O–H groups in total. The molecule has 1 fully saturated rings. The number of halogens is 1. The van der Waals surface area contributed by atoms with Crippen molar-refractivity contribution in [1.29, 1.82) is 0 Å². The molecule has 1 saturated carbocycles. The Morgan fingerprint density at radius 1 is 1.30 bits per heavy atom. The minimum atomic E-state index is 0.464. The number of fused-ring (bicyclic) bond motifs is 1. The summed E-state index contributed by atoms with van der Waals surface area (Å²) in [7, 11) is 1.82. The van der Waals surface area contributed by atoms with Gasteiger partial charge in [-0.05, 0) is 43.4 Å². The van der Waals surface area contributed by atoms with Crippen LogP contribution >= 0.6 is 15.9 Å². The Bertz CT molecular complexity index is 470. The van der Waals surface area contributed by atoms with Crippen molar-refractivity contribution in [2.45, 2.75) is 50.8 Å². The zero-order chi connectivity index (χ0) is 13.9. The van der Waals surface area contributed by atoms with Crippen LogP contribution in [0.2, 0.25) is 0 Å². The first-order valence-electron chi connectivity index (χ1n) is 7.46. The van der Waals surface area contributed by atoms with E-state index in [0.717, 1.165) is 29.8 Å². The average molecular weight is 340 g/mol. The first-order chi connectivity index (χ1) is 9.76. The van der Waals surface area contributed by atoms with Crippen LogP contribution in [0.5, 0.6) is 5.75 Å². The van der Waals surface area contributed by atoms with Crippen LogP contribution in [0.4, 0.5) is 0 Å². The number of rotatable bonds is 4. The standard InChI is InChI=1S/C16H22BrNO2/c1-19-15-4-2-14(3-5-15)18-10-12-9-13(17)8-11-6-7-20-16(11)12/h8-9,14-15,18H,2-7,10H2,1H3. The maximum atomic E-state index is 5.78. The third-order valence-electron chi connectivity index (χ3n) is 4.41. The molecule has 3 rings (SSSR count). The van der Waals surface area contributed by atoms with E-state index in [-0.39, 0.29) is 0 Å². The lowest BCUT2D eigenvalue weighted by atomic mass is 9.93. The summed E-state index contributed by atoms with van der Waals surface area (Å²) in [6.07, 6.45) is 6.24. The molecule has 0 atom stereocenters. The summed E-state index contributed by atoms with van der Waals surface area (Å²) < 4.78 is 12.4. The van der Waals surface area contributed by atoms with Crippen molar-refractivity contribution in [1.82, 2.24) is 5.32 Å². The molecule has 0 unspecified atom stereocenters. The van der Waals surface area contributed by atoms with Crippen LogP contribution in [0.1, 0.15) is 36.8 Å². The Balaban J connectivity index is 1.59. The zero-order valence-corrected chi connectivity index (χ0v) is 13.5. The zero-order valence-electron chi connectivity index (χ0n) is 12.0. The third-order valence-corrected chi connectivity index (χ3v) is 4.87. The van der Waals surface area contributed by atoms with Gasteiger partial charge in [-0.25, -0.2) is 0 Å². The van der Waals surface area contributed by atoms with Gasteiger partial charge in [0.25, 0.3) is 0 Å². The highest BCUT2D eigenvalue weighted by atomic mass is 79.9. The summed E-state index contributed by atoms with van der Waals surface area (Å²) in [5.41, 5.74) is 2.61. The normalized spacial score (nSPS) is 25.3. The van der Waals surface area contributed by atoms with Crippen molar-refractivity contribution in [3.63, 3.8) is 0 Å². The van der Waals surface area contributed by atoms with E-state index < -0.39 is 0 Å². The summed E-state index contributed by atoms with van der Waals surface area (Å²) in [4.78, 5) is 0. The van der Waals surface area contributed by atoms with E-state index in [1.165, 1.54) is 36.8 Å². The lowest BCUT2D eigenvalue weighted by molar-refractivity contribution is 0.0623. The van der Waals surface area contributed by atoms with E-state index in [0.29, 0.717) is 12.1 Å². The van der Waals surface area contributed by atoms with Gasteiger partial charge >= 0.3 is 0 Å². The van der Waals surface area contributed by atoms with Gasteiger partial charge in [-0.15, -0.1) is 0 Å². The van der Waals surface area contributed by atoms with Gasteiger partial charge in [0.15, 0.2) is 0 Å². The topological polar surface area (TPSA) is 30.5 Å². The van der Waals surface area contributed by atoms with Gasteiger partial charge in [0.05, 0.1) is 12.7 Å². The molecule has 2 aliphatic rings. The van der Waals surface area contributed by atoms with Gasteiger partial charge in [-0.3, -0.25) is 0 Å². The van der Waals surface area contributed by atoms with Crippen molar-refractivity contribution in [3.05, 3.63) is 27.7 Å². The van der Waals surface area contributed by atoms with Gasteiger partial charge in [0.1, 0.15) is 5.75 Å². The fourth-order valence-electron chi connectivity index (χ4n) is 3.23. The van der Waals surface area contributed by atoms with Gasteiger partial charge in [0.2, 0.25) is 0 Å². The molecule has 0 saturated heterocycles. The van der Waals surface area contributed by atoms with E-state index in [9.17, 15) is 0 Å². The van der Waals surface area contributed by atoms with E-state index in [4.69, 9.17) is 9.47 Å². The Hall–Kier alpha value is -0.580. The molecule has 0 amide bonds. The molecule has 0 radical (unpaired) electrons. The third kappa shape index (κ3) is 3.18. The highest BCUT2D eigenvalue weighted by Crippen LogP contribution is 2.33. The highest BCUT2D eigenvalue weighted by Gasteiger charge is 2.22. The lowest BCUT2D eigenvalue weighted by Gasteiger charge is -2.28. The summed E-state index contributed by atoms with van der Waals surface area (Å²) in [5, 5.41) is 3.68. The summed E-state index contributed by atoms with van der Waals surface area (Å²) in [6, 6.07) is 4.96. The number of benzene rings is 1. The van der Waals surface area contributed by atoms with Crippen molar-refractivity contribution in [2.75, 3.05) is 13.7 Å². The van der Waals surface area contributed by atoms with Gasteiger partial charge in [-0.2, -0.15) is 0 Å². The van der Waals surface area contributed by atoms with Crippen molar-refractivity contribution in [3.8, 4) is 5.75 Å². The van der Waals surface area contributed by atoms with E-state index in [2.05, 4.69) is 33.4 Å². The van der Waals surface area contributed by atoms with Crippen LogP contribution in [0.3, 0.4) is 0 Å². The molecular weight excluding hydrogens is 318 g/mol. The molecular formula is C16H22BrNO2. The Labute approximate surface area is 129 Å². The molecule has 4 heteroatoms. The van der Waals surface area contributed by atoms with Crippen LogP contribution in [0.15, 0.2) is 16.6 Å². The molecule has 1 aliphatic carbocycles. The number of ether oxygens (including phenoxy) is 2. The smallest absolute Gasteiger partial charge is 0.127 e. The Morgan fingerprint density at radius 2 is 2.10 bits per heavy atom. The van der Waals surface area contributed by atoms with Crippen LogP contribution < -0.4 is 10.1 Å². The van der Waals surface area contributed by atoms with Gasteiger partial charge < -0.3 is 14.8 Å². The minimum Gasteiger partial charge on any atom is -0.493 e. The SMILES string of the molecule is COC1CCC(NCc2cc(Br)cc3c2OCC3)CC1. The average Bonchev–Trinajstić information content (AvgIpc) is 2.93. The van der Waals surface area contributed by atoms with E-state index in [1.54, 1.807) is 0 Å². The second-order valence-corrected chi connectivity index (χ2v) is 6.66. The fourth-order valence-corrected chi connectivity index (χ4v) is 3.79. The quantitative estimate of drug-likeness (QED) is 0.911. The van der Waals surface area contributed by atoms with Crippen LogP contribution in [0, 0.1) is 0 Å². The van der Waals surface area contributed by atoms with Crippen LogP contribution in [-0.2, 0) is 17.7 Å². The summed E-state index contributed by atoms with van der Waals surface area (Å²) >= 11 is 3.60. The molecule has 1 aliphatic heterocycles. The van der Waals surface area contributed by atoms with Crippen molar-refractivity contribution in [2.24, 2.45) is 0 Å². The Morgan fingerprint density at radius 3 is 2.85 bits per heavy atom. The molecule has 0 aromatic heterocycles. The summed E-state index contributed by atoms with van der Waals surface area (Å²) in [6.45, 7) is 1.71. The summed E-state index contributed by atoms with van der Waals surface area (Å²) in [5.74, 6) is 1.10. The van der Waals surface area contributed by atoms with E-state index in [1.807, 2.05) is 7.11 Å². The highest BCUT2D eigenvalue weighted by molar-refractivity contribution is 9.10.